The highest BCUT2D eigenvalue weighted by atomic mass is 32.1. The topological polar surface area (TPSA) is 76.0 Å². The third-order valence-corrected chi connectivity index (χ3v) is 5.46. The highest BCUT2D eigenvalue weighted by Gasteiger charge is 2.15. The smallest absolute Gasteiger partial charge is 0.256 e. The maximum atomic E-state index is 13.4. The second-order valence-electron chi connectivity index (χ2n) is 6.74. The molecule has 2 aromatic carbocycles. The standard InChI is InChI=1S/C22H19FN4O2S/c1-27-19-7-6-15(23)12-18(19)25-20(27)8-10-24-22(29)16-4-2-3-5-17(16)26-21(28)14-9-11-30-13-14/h2-7,9,11-13H,8,10H2,1H3,(H,24,29)(H,26,28). The van der Waals surface area contributed by atoms with Crippen LogP contribution in [0.15, 0.2) is 59.3 Å². The van der Waals surface area contributed by atoms with Crippen LogP contribution < -0.4 is 10.6 Å². The number of aromatic nitrogens is 2. The minimum absolute atomic E-state index is 0.261. The van der Waals surface area contributed by atoms with Crippen molar-refractivity contribution in [3.8, 4) is 0 Å². The van der Waals surface area contributed by atoms with Crippen molar-refractivity contribution in [2.75, 3.05) is 11.9 Å². The zero-order chi connectivity index (χ0) is 21.1. The molecule has 0 unspecified atom stereocenters. The number of fused-ring (bicyclic) bond motifs is 1. The van der Waals surface area contributed by atoms with Gasteiger partial charge in [0.1, 0.15) is 11.6 Å². The first-order valence-electron chi connectivity index (χ1n) is 9.34. The molecule has 0 spiro atoms. The maximum Gasteiger partial charge on any atom is 0.256 e. The molecule has 8 heteroatoms. The van der Waals surface area contributed by atoms with E-state index in [1.807, 2.05) is 17.0 Å². The lowest BCUT2D eigenvalue weighted by Gasteiger charge is -2.11. The number of aryl methyl sites for hydroxylation is 1. The van der Waals surface area contributed by atoms with Crippen molar-refractivity contribution in [2.24, 2.45) is 7.05 Å². The van der Waals surface area contributed by atoms with Crippen LogP contribution in [0.4, 0.5) is 10.1 Å². The first kappa shape index (κ1) is 19.8. The normalized spacial score (nSPS) is 10.9. The molecule has 0 aliphatic carbocycles. The summed E-state index contributed by atoms with van der Waals surface area (Å²) in [4.78, 5) is 29.5. The number of benzene rings is 2. The Morgan fingerprint density at radius 3 is 2.77 bits per heavy atom. The Hall–Kier alpha value is -3.52. The molecule has 2 N–H and O–H groups in total. The molecule has 0 saturated carbocycles. The summed E-state index contributed by atoms with van der Waals surface area (Å²) in [6.45, 7) is 0.352. The molecule has 6 nitrogen and oxygen atoms in total. The van der Waals surface area contributed by atoms with Crippen molar-refractivity contribution >= 4 is 39.9 Å². The van der Waals surface area contributed by atoms with Gasteiger partial charge in [0.05, 0.1) is 27.8 Å². The van der Waals surface area contributed by atoms with Gasteiger partial charge in [-0.15, -0.1) is 0 Å². The first-order chi connectivity index (χ1) is 14.5. The fourth-order valence-electron chi connectivity index (χ4n) is 3.21. The van der Waals surface area contributed by atoms with Crippen LogP contribution in [0.3, 0.4) is 0 Å². The average molecular weight is 422 g/mol. The van der Waals surface area contributed by atoms with E-state index in [0.717, 1.165) is 11.3 Å². The van der Waals surface area contributed by atoms with Gasteiger partial charge in [-0.2, -0.15) is 11.3 Å². The number of hydrogen-bond donors (Lipinski definition) is 2. The molecule has 4 aromatic rings. The average Bonchev–Trinajstić information content (AvgIpc) is 3.37. The Kier molecular flexibility index (Phi) is 5.58. The summed E-state index contributed by atoms with van der Waals surface area (Å²) in [5.74, 6) is -0.138. The first-order valence-corrected chi connectivity index (χ1v) is 10.3. The Balaban J connectivity index is 1.42. The van der Waals surface area contributed by atoms with Crippen molar-refractivity contribution in [2.45, 2.75) is 6.42 Å². The number of nitrogens with one attached hydrogen (secondary N) is 2. The van der Waals surface area contributed by atoms with Crippen molar-refractivity contribution in [1.82, 2.24) is 14.9 Å². The molecule has 0 atom stereocenters. The number of nitrogens with zero attached hydrogens (tertiary/aromatic N) is 2. The minimum atomic E-state index is -0.332. The van der Waals surface area contributed by atoms with Gasteiger partial charge < -0.3 is 15.2 Å². The number of rotatable bonds is 6. The van der Waals surface area contributed by atoms with Crippen LogP contribution in [-0.2, 0) is 13.5 Å². The zero-order valence-electron chi connectivity index (χ0n) is 16.2. The Bertz CT molecular complexity index is 1220. The number of carbonyl (C=O) groups is 2. The Labute approximate surface area is 176 Å². The van der Waals surface area contributed by atoms with E-state index in [1.165, 1.54) is 23.5 Å². The molecule has 30 heavy (non-hydrogen) atoms. The summed E-state index contributed by atoms with van der Waals surface area (Å²) in [6, 6.07) is 13.1. The summed E-state index contributed by atoms with van der Waals surface area (Å²) < 4.78 is 15.3. The largest absolute Gasteiger partial charge is 0.352 e. The lowest BCUT2D eigenvalue weighted by molar-refractivity contribution is 0.0955. The van der Waals surface area contributed by atoms with Crippen LogP contribution >= 0.6 is 11.3 Å². The van der Waals surface area contributed by atoms with Crippen LogP contribution in [0.25, 0.3) is 11.0 Å². The molecule has 0 radical (unpaired) electrons. The second-order valence-corrected chi connectivity index (χ2v) is 7.52. The summed E-state index contributed by atoms with van der Waals surface area (Å²) in [7, 11) is 1.86. The van der Waals surface area contributed by atoms with Gasteiger partial charge in [0.25, 0.3) is 11.8 Å². The molecule has 2 amide bonds. The molecule has 2 heterocycles. The number of amides is 2. The van der Waals surface area contributed by atoms with E-state index in [4.69, 9.17) is 0 Å². The quantitative estimate of drug-likeness (QED) is 0.493. The predicted octanol–water partition coefficient (Wildman–Crippen LogP) is 4.00. The number of carbonyl (C=O) groups excluding carboxylic acids is 2. The van der Waals surface area contributed by atoms with Gasteiger partial charge in [-0.05, 0) is 35.7 Å². The van der Waals surface area contributed by atoms with Gasteiger partial charge in [0.15, 0.2) is 0 Å². The Morgan fingerprint density at radius 1 is 1.13 bits per heavy atom. The van der Waals surface area contributed by atoms with Crippen LogP contribution in [0, 0.1) is 5.82 Å². The van der Waals surface area contributed by atoms with E-state index in [9.17, 15) is 14.0 Å². The molecule has 0 aliphatic heterocycles. The molecular formula is C22H19FN4O2S. The fourth-order valence-corrected chi connectivity index (χ4v) is 3.84. The zero-order valence-corrected chi connectivity index (χ0v) is 17.0. The highest BCUT2D eigenvalue weighted by Crippen LogP contribution is 2.18. The molecule has 0 saturated heterocycles. The van der Waals surface area contributed by atoms with E-state index in [0.29, 0.717) is 35.3 Å². The van der Waals surface area contributed by atoms with Crippen LogP contribution in [0.2, 0.25) is 0 Å². The van der Waals surface area contributed by atoms with Gasteiger partial charge in [0.2, 0.25) is 0 Å². The van der Waals surface area contributed by atoms with Gasteiger partial charge in [-0.25, -0.2) is 9.37 Å². The van der Waals surface area contributed by atoms with E-state index >= 15 is 0 Å². The number of halogens is 1. The number of hydrogen-bond acceptors (Lipinski definition) is 4. The summed E-state index contributed by atoms with van der Waals surface area (Å²) in [5, 5.41) is 9.23. The molecular weight excluding hydrogens is 403 g/mol. The highest BCUT2D eigenvalue weighted by molar-refractivity contribution is 7.08. The molecule has 152 valence electrons. The van der Waals surface area contributed by atoms with Crippen molar-refractivity contribution in [1.29, 1.82) is 0 Å². The van der Waals surface area contributed by atoms with Crippen LogP contribution in [-0.4, -0.2) is 27.9 Å². The number of para-hydroxylation sites is 1. The predicted molar refractivity (Wildman–Crippen MR) is 115 cm³/mol. The molecule has 0 fully saturated rings. The van der Waals surface area contributed by atoms with E-state index in [-0.39, 0.29) is 17.6 Å². The SMILES string of the molecule is Cn1c(CCNC(=O)c2ccccc2NC(=O)c2ccsc2)nc2cc(F)ccc21. The van der Waals surface area contributed by atoms with Crippen molar-refractivity contribution in [3.63, 3.8) is 0 Å². The van der Waals surface area contributed by atoms with Gasteiger partial charge in [-0.3, -0.25) is 9.59 Å². The molecule has 0 bridgehead atoms. The lowest BCUT2D eigenvalue weighted by Crippen LogP contribution is -2.27. The van der Waals surface area contributed by atoms with Gasteiger partial charge >= 0.3 is 0 Å². The Morgan fingerprint density at radius 2 is 1.97 bits per heavy atom. The lowest BCUT2D eigenvalue weighted by atomic mass is 10.1. The molecule has 0 aliphatic rings. The fraction of sp³-hybridized carbons (Fsp3) is 0.136. The summed E-state index contributed by atoms with van der Waals surface area (Å²) in [6.07, 6.45) is 0.488. The van der Waals surface area contributed by atoms with E-state index < -0.39 is 0 Å². The van der Waals surface area contributed by atoms with Gasteiger partial charge in [-0.1, -0.05) is 12.1 Å². The van der Waals surface area contributed by atoms with E-state index in [1.54, 1.807) is 41.8 Å². The third kappa shape index (κ3) is 4.08. The number of thiophene rings is 1. The second kappa shape index (κ2) is 8.46. The van der Waals surface area contributed by atoms with Crippen molar-refractivity contribution < 1.29 is 14.0 Å². The minimum Gasteiger partial charge on any atom is -0.352 e. The maximum absolute atomic E-state index is 13.4. The van der Waals surface area contributed by atoms with Crippen LogP contribution in [0.5, 0.6) is 0 Å². The van der Waals surface area contributed by atoms with Crippen LogP contribution in [0.1, 0.15) is 26.5 Å². The van der Waals surface area contributed by atoms with Gasteiger partial charge in [0, 0.05) is 31.5 Å². The molecule has 4 rings (SSSR count). The summed E-state index contributed by atoms with van der Waals surface area (Å²) in [5.41, 5.74) is 2.80. The van der Waals surface area contributed by atoms with E-state index in [2.05, 4.69) is 15.6 Å². The third-order valence-electron chi connectivity index (χ3n) is 4.77. The number of anilines is 1. The number of imidazole rings is 1. The summed E-state index contributed by atoms with van der Waals surface area (Å²) >= 11 is 1.43. The van der Waals surface area contributed by atoms with Crippen molar-refractivity contribution in [3.05, 3.63) is 82.1 Å². The monoisotopic (exact) mass is 422 g/mol. The molecule has 2 aromatic heterocycles.